The maximum absolute atomic E-state index is 12.8. The first-order valence-corrected chi connectivity index (χ1v) is 8.30. The molecule has 0 aliphatic carbocycles. The van der Waals surface area contributed by atoms with Gasteiger partial charge in [-0.15, -0.1) is 0 Å². The maximum Gasteiger partial charge on any atom is 0.248 e. The van der Waals surface area contributed by atoms with Crippen LogP contribution in [0.25, 0.3) is 0 Å². The number of nitrogens with zero attached hydrogens (tertiary/aromatic N) is 1. The second kappa shape index (κ2) is 7.26. The van der Waals surface area contributed by atoms with Gasteiger partial charge in [-0.3, -0.25) is 14.4 Å². The predicted molar refractivity (Wildman–Crippen MR) is 100 cm³/mol. The van der Waals surface area contributed by atoms with Gasteiger partial charge in [0.1, 0.15) is 0 Å². The summed E-state index contributed by atoms with van der Waals surface area (Å²) < 4.78 is 0. The van der Waals surface area contributed by atoms with E-state index in [1.165, 1.54) is 0 Å². The smallest absolute Gasteiger partial charge is 0.248 e. The first-order valence-electron chi connectivity index (χ1n) is 8.30. The van der Waals surface area contributed by atoms with Crippen LogP contribution in [0.1, 0.15) is 23.7 Å². The third kappa shape index (κ3) is 3.66. The molecule has 2 aromatic rings. The highest BCUT2D eigenvalue weighted by Gasteiger charge is 2.29. The summed E-state index contributed by atoms with van der Waals surface area (Å²) in [5.74, 6) is -0.768. The molecule has 0 fully saturated rings. The number of fused-ring (bicyclic) bond motifs is 1. The molecule has 0 radical (unpaired) electrons. The van der Waals surface area contributed by atoms with Crippen LogP contribution in [0.15, 0.2) is 48.5 Å². The number of carbonyl (C=O) groups excluding carboxylic acids is 3. The van der Waals surface area contributed by atoms with E-state index in [2.05, 4.69) is 10.6 Å². The fourth-order valence-corrected chi connectivity index (χ4v) is 2.98. The van der Waals surface area contributed by atoms with E-state index in [1.807, 2.05) is 25.1 Å². The summed E-state index contributed by atoms with van der Waals surface area (Å²) in [4.78, 5) is 37.6. The summed E-state index contributed by atoms with van der Waals surface area (Å²) in [7, 11) is 0. The topological polar surface area (TPSA) is 105 Å². The van der Waals surface area contributed by atoms with Crippen molar-refractivity contribution in [2.24, 2.45) is 5.73 Å². The molecule has 1 atom stereocenters. The van der Waals surface area contributed by atoms with Gasteiger partial charge in [0.25, 0.3) is 0 Å². The lowest BCUT2D eigenvalue weighted by atomic mass is 10.1. The summed E-state index contributed by atoms with van der Waals surface area (Å²) in [5, 5.41) is 5.87. The Morgan fingerprint density at radius 3 is 2.58 bits per heavy atom. The van der Waals surface area contributed by atoms with Crippen LogP contribution in [-0.2, 0) is 9.59 Å². The van der Waals surface area contributed by atoms with Crippen LogP contribution in [0.5, 0.6) is 0 Å². The number of hydrogen-bond donors (Lipinski definition) is 3. The minimum Gasteiger partial charge on any atom is -0.376 e. The Balaban J connectivity index is 1.76. The fraction of sp³-hybridized carbons (Fsp3) is 0.211. The highest BCUT2D eigenvalue weighted by atomic mass is 16.2. The van der Waals surface area contributed by atoms with E-state index in [1.54, 1.807) is 35.2 Å². The van der Waals surface area contributed by atoms with Crippen LogP contribution in [0, 0.1) is 0 Å². The lowest BCUT2D eigenvalue weighted by Crippen LogP contribution is -2.42. The Morgan fingerprint density at radius 1 is 1.19 bits per heavy atom. The Hall–Kier alpha value is -3.35. The second-order valence-electron chi connectivity index (χ2n) is 6.18. The van der Waals surface area contributed by atoms with Gasteiger partial charge in [-0.2, -0.15) is 0 Å². The van der Waals surface area contributed by atoms with Gasteiger partial charge in [-0.05, 0) is 43.3 Å². The summed E-state index contributed by atoms with van der Waals surface area (Å²) in [6.45, 7) is 1.91. The zero-order valence-electron chi connectivity index (χ0n) is 14.4. The van der Waals surface area contributed by atoms with Crippen molar-refractivity contribution in [2.75, 3.05) is 22.1 Å². The number of nitrogens with one attached hydrogen (secondary N) is 2. The number of hydrogen-bond acceptors (Lipinski definition) is 4. The van der Waals surface area contributed by atoms with Crippen LogP contribution in [0.4, 0.5) is 17.1 Å². The molecule has 134 valence electrons. The minimum absolute atomic E-state index is 0.0583. The highest BCUT2D eigenvalue weighted by molar-refractivity contribution is 6.05. The van der Waals surface area contributed by atoms with Crippen molar-refractivity contribution < 1.29 is 14.4 Å². The minimum atomic E-state index is -0.500. The molecule has 0 unspecified atom stereocenters. The molecule has 7 heteroatoms. The number of para-hydroxylation sites is 2. The molecule has 0 bridgehead atoms. The van der Waals surface area contributed by atoms with Crippen LogP contribution in [-0.4, -0.2) is 30.3 Å². The average Bonchev–Trinajstić information content (AvgIpc) is 2.74. The molecule has 0 aromatic heterocycles. The molecule has 0 spiro atoms. The SMILES string of the molecule is C[C@H]1CC(=O)Nc2ccccc2N1C(=O)CNc1ccc(C(N)=O)cc1. The summed E-state index contributed by atoms with van der Waals surface area (Å²) >= 11 is 0. The molecule has 26 heavy (non-hydrogen) atoms. The van der Waals surface area contributed by atoms with Crippen molar-refractivity contribution in [1.82, 2.24) is 0 Å². The van der Waals surface area contributed by atoms with Crippen molar-refractivity contribution in [3.8, 4) is 0 Å². The van der Waals surface area contributed by atoms with Crippen LogP contribution >= 0.6 is 0 Å². The summed E-state index contributed by atoms with van der Waals surface area (Å²) in [5.41, 5.74) is 7.63. The van der Waals surface area contributed by atoms with Gasteiger partial charge in [-0.25, -0.2) is 0 Å². The molecule has 3 rings (SSSR count). The number of anilines is 3. The molecule has 3 amide bonds. The van der Waals surface area contributed by atoms with Crippen molar-refractivity contribution in [3.63, 3.8) is 0 Å². The van der Waals surface area contributed by atoms with Gasteiger partial charge in [0.15, 0.2) is 0 Å². The van der Waals surface area contributed by atoms with Crippen LogP contribution in [0.2, 0.25) is 0 Å². The first-order chi connectivity index (χ1) is 12.5. The third-order valence-corrected chi connectivity index (χ3v) is 4.24. The lowest BCUT2D eigenvalue weighted by Gasteiger charge is -2.28. The molecule has 1 heterocycles. The number of carbonyl (C=O) groups is 3. The standard InChI is InChI=1S/C19H20N4O3/c1-12-10-17(24)22-15-4-2-3-5-16(15)23(12)18(25)11-21-14-8-6-13(7-9-14)19(20)26/h2-9,12,21H,10-11H2,1H3,(H2,20,26)(H,22,24)/t12-/m0/s1. The number of nitrogens with two attached hydrogens (primary N) is 1. The maximum atomic E-state index is 12.8. The number of amides is 3. The van der Waals surface area contributed by atoms with E-state index < -0.39 is 5.91 Å². The number of benzene rings is 2. The third-order valence-electron chi connectivity index (χ3n) is 4.24. The molecule has 7 nitrogen and oxygen atoms in total. The summed E-state index contributed by atoms with van der Waals surface area (Å²) in [6, 6.07) is 13.6. The molecular weight excluding hydrogens is 332 g/mol. The number of primary amides is 1. The van der Waals surface area contributed by atoms with Gasteiger partial charge in [0.2, 0.25) is 17.7 Å². The van der Waals surface area contributed by atoms with Gasteiger partial charge >= 0.3 is 0 Å². The van der Waals surface area contributed by atoms with Crippen molar-refractivity contribution in [2.45, 2.75) is 19.4 Å². The van der Waals surface area contributed by atoms with E-state index in [0.717, 1.165) is 0 Å². The zero-order valence-corrected chi connectivity index (χ0v) is 14.4. The Labute approximate surface area is 151 Å². The molecule has 2 aromatic carbocycles. The van der Waals surface area contributed by atoms with E-state index >= 15 is 0 Å². The van der Waals surface area contributed by atoms with Gasteiger partial charge in [-0.1, -0.05) is 12.1 Å². The van der Waals surface area contributed by atoms with Crippen LogP contribution in [0.3, 0.4) is 0 Å². The van der Waals surface area contributed by atoms with Crippen LogP contribution < -0.4 is 21.3 Å². The Bertz CT molecular complexity index is 848. The molecule has 0 saturated heterocycles. The van der Waals surface area contributed by atoms with Crippen molar-refractivity contribution >= 4 is 34.8 Å². The second-order valence-corrected chi connectivity index (χ2v) is 6.18. The lowest BCUT2D eigenvalue weighted by molar-refractivity contribution is -0.118. The monoisotopic (exact) mass is 352 g/mol. The Kier molecular flexibility index (Phi) is 4.88. The van der Waals surface area contributed by atoms with E-state index in [9.17, 15) is 14.4 Å². The van der Waals surface area contributed by atoms with Gasteiger partial charge in [0, 0.05) is 23.7 Å². The molecular formula is C19H20N4O3. The average molecular weight is 352 g/mol. The van der Waals surface area contributed by atoms with E-state index in [-0.39, 0.29) is 30.8 Å². The quantitative estimate of drug-likeness (QED) is 0.782. The largest absolute Gasteiger partial charge is 0.376 e. The summed E-state index contributed by atoms with van der Waals surface area (Å²) in [6.07, 6.45) is 0.230. The Morgan fingerprint density at radius 2 is 1.88 bits per heavy atom. The van der Waals surface area contributed by atoms with E-state index in [0.29, 0.717) is 22.6 Å². The number of rotatable bonds is 4. The molecule has 0 saturated carbocycles. The fourth-order valence-electron chi connectivity index (χ4n) is 2.98. The molecule has 1 aliphatic rings. The predicted octanol–water partition coefficient (Wildman–Crippen LogP) is 1.96. The van der Waals surface area contributed by atoms with Crippen molar-refractivity contribution in [3.05, 3.63) is 54.1 Å². The van der Waals surface area contributed by atoms with Crippen molar-refractivity contribution in [1.29, 1.82) is 0 Å². The highest BCUT2D eigenvalue weighted by Crippen LogP contribution is 2.31. The van der Waals surface area contributed by atoms with E-state index in [4.69, 9.17) is 5.73 Å². The van der Waals surface area contributed by atoms with Gasteiger partial charge in [0.05, 0.1) is 17.9 Å². The molecule has 1 aliphatic heterocycles. The molecule has 4 N–H and O–H groups in total. The first kappa shape index (κ1) is 17.5. The van der Waals surface area contributed by atoms with Gasteiger partial charge < -0.3 is 21.3 Å². The zero-order chi connectivity index (χ0) is 18.7. The normalized spacial score (nSPS) is 16.3.